The lowest BCUT2D eigenvalue weighted by atomic mass is 9.81. The fourth-order valence-electron chi connectivity index (χ4n) is 4.47. The van der Waals surface area contributed by atoms with Crippen LogP contribution in [0, 0.1) is 11.8 Å². The van der Waals surface area contributed by atoms with E-state index in [2.05, 4.69) is 4.72 Å². The highest BCUT2D eigenvalue weighted by atomic mass is 32.2. The number of hydrogen-bond acceptors (Lipinski definition) is 6. The first-order chi connectivity index (χ1) is 15.3. The molecule has 1 N–H and O–H groups in total. The number of carbonyl (C=O) groups excluding carboxylic acids is 2. The highest BCUT2D eigenvalue weighted by molar-refractivity contribution is 7.92. The number of likely N-dealkylation sites (tertiary alicyclic amines) is 1. The molecule has 2 aliphatic rings. The van der Waals surface area contributed by atoms with Crippen LogP contribution in [-0.4, -0.2) is 39.4 Å². The molecule has 0 bridgehead atoms. The average molecular weight is 459 g/mol. The molecule has 1 aliphatic heterocycles. The van der Waals surface area contributed by atoms with Gasteiger partial charge in [0.15, 0.2) is 0 Å². The molecule has 1 heterocycles. The average Bonchev–Trinajstić information content (AvgIpc) is 3.04. The van der Waals surface area contributed by atoms with Crippen molar-refractivity contribution in [2.24, 2.45) is 11.8 Å². The third kappa shape index (κ3) is 4.17. The number of carbonyl (C=O) groups is 2. The van der Waals surface area contributed by atoms with E-state index in [4.69, 9.17) is 9.47 Å². The summed E-state index contributed by atoms with van der Waals surface area (Å²) in [5.74, 6) is -0.0213. The van der Waals surface area contributed by atoms with Crippen LogP contribution in [-0.2, 0) is 26.2 Å². The summed E-state index contributed by atoms with van der Waals surface area (Å²) in [5.41, 5.74) is 0.911. The number of hydrogen-bond donors (Lipinski definition) is 1. The molecule has 2 amide bonds. The maximum absolute atomic E-state index is 13.1. The lowest BCUT2D eigenvalue weighted by molar-refractivity contribution is -0.140. The molecule has 170 valence electrons. The van der Waals surface area contributed by atoms with Crippen molar-refractivity contribution in [3.05, 3.63) is 48.0 Å². The molecule has 9 heteroatoms. The maximum atomic E-state index is 13.1. The first-order valence-electron chi connectivity index (χ1n) is 10.5. The van der Waals surface area contributed by atoms with Gasteiger partial charge in [-0.15, -0.1) is 0 Å². The summed E-state index contributed by atoms with van der Waals surface area (Å²) in [6, 6.07) is 11.1. The van der Waals surface area contributed by atoms with Gasteiger partial charge in [0.05, 0.1) is 32.6 Å². The van der Waals surface area contributed by atoms with E-state index < -0.39 is 10.0 Å². The number of nitrogens with one attached hydrogen (secondary N) is 1. The smallest absolute Gasteiger partial charge is 0.265 e. The number of methoxy groups -OCH3 is 2. The van der Waals surface area contributed by atoms with E-state index in [0.717, 1.165) is 25.7 Å². The number of sulfonamides is 1. The second-order valence-corrected chi connectivity index (χ2v) is 9.73. The third-order valence-electron chi connectivity index (χ3n) is 6.13. The van der Waals surface area contributed by atoms with E-state index >= 15 is 0 Å². The van der Waals surface area contributed by atoms with Crippen LogP contribution >= 0.6 is 0 Å². The van der Waals surface area contributed by atoms with Crippen LogP contribution < -0.4 is 14.2 Å². The highest BCUT2D eigenvalue weighted by Gasteiger charge is 2.47. The number of ether oxygens (including phenoxy) is 2. The standard InChI is InChI=1S/C23H26N2O6S/c1-30-17-10-8-16(9-11-17)24-32(28,29)21-13-15(7-12-20(21)31-2)14-25-22(26)18-5-3-4-6-19(18)23(25)27/h7-13,18-19,24H,3-6,14H2,1-2H3/t18-,19+. The summed E-state index contributed by atoms with van der Waals surface area (Å²) in [6.45, 7) is 0.0414. The van der Waals surface area contributed by atoms with Gasteiger partial charge < -0.3 is 9.47 Å². The largest absolute Gasteiger partial charge is 0.497 e. The fourth-order valence-corrected chi connectivity index (χ4v) is 5.75. The second kappa shape index (κ2) is 8.82. The zero-order valence-corrected chi connectivity index (χ0v) is 18.9. The highest BCUT2D eigenvalue weighted by Crippen LogP contribution is 2.39. The summed E-state index contributed by atoms with van der Waals surface area (Å²) >= 11 is 0. The van der Waals surface area contributed by atoms with E-state index in [0.29, 0.717) is 17.0 Å². The maximum Gasteiger partial charge on any atom is 0.265 e. The molecule has 2 aromatic rings. The second-order valence-electron chi connectivity index (χ2n) is 8.08. The van der Waals surface area contributed by atoms with Gasteiger partial charge in [0, 0.05) is 5.69 Å². The molecular formula is C23H26N2O6S. The van der Waals surface area contributed by atoms with Gasteiger partial charge in [-0.05, 0) is 54.8 Å². The quantitative estimate of drug-likeness (QED) is 0.640. The van der Waals surface area contributed by atoms with Crippen molar-refractivity contribution in [1.82, 2.24) is 4.90 Å². The van der Waals surface area contributed by atoms with Crippen molar-refractivity contribution in [3.63, 3.8) is 0 Å². The number of nitrogens with zero attached hydrogens (tertiary/aromatic N) is 1. The monoisotopic (exact) mass is 458 g/mol. The van der Waals surface area contributed by atoms with Crippen LogP contribution in [0.4, 0.5) is 5.69 Å². The minimum Gasteiger partial charge on any atom is -0.497 e. The first-order valence-corrected chi connectivity index (χ1v) is 12.0. The molecule has 0 unspecified atom stereocenters. The summed E-state index contributed by atoms with van der Waals surface area (Å²) in [7, 11) is -1.07. The minimum absolute atomic E-state index is 0.0414. The molecule has 0 radical (unpaired) electrons. The van der Waals surface area contributed by atoms with Crippen LogP contribution in [0.3, 0.4) is 0 Å². The van der Waals surface area contributed by atoms with Crippen molar-refractivity contribution in [3.8, 4) is 11.5 Å². The van der Waals surface area contributed by atoms with E-state index in [1.807, 2.05) is 0 Å². The van der Waals surface area contributed by atoms with Crippen molar-refractivity contribution < 1.29 is 27.5 Å². The Balaban J connectivity index is 1.59. The van der Waals surface area contributed by atoms with Gasteiger partial charge >= 0.3 is 0 Å². The van der Waals surface area contributed by atoms with Crippen molar-refractivity contribution >= 4 is 27.5 Å². The Morgan fingerprint density at radius 1 is 0.938 bits per heavy atom. The Labute approximate surface area is 187 Å². The molecule has 2 fully saturated rings. The van der Waals surface area contributed by atoms with Crippen LogP contribution in [0.2, 0.25) is 0 Å². The summed E-state index contributed by atoms with van der Waals surface area (Å²) in [5, 5.41) is 0. The molecule has 1 aliphatic carbocycles. The number of imide groups is 1. The van der Waals surface area contributed by atoms with E-state index in [1.54, 1.807) is 30.3 Å². The lowest BCUT2D eigenvalue weighted by Gasteiger charge is -2.19. The van der Waals surface area contributed by atoms with Gasteiger partial charge in [-0.1, -0.05) is 18.9 Å². The number of rotatable bonds is 7. The molecule has 32 heavy (non-hydrogen) atoms. The Morgan fingerprint density at radius 3 is 2.12 bits per heavy atom. The summed E-state index contributed by atoms with van der Waals surface area (Å²) < 4.78 is 39.1. The third-order valence-corrected chi connectivity index (χ3v) is 7.54. The fraction of sp³-hybridized carbons (Fsp3) is 0.391. The topological polar surface area (TPSA) is 102 Å². The Morgan fingerprint density at radius 2 is 1.56 bits per heavy atom. The number of amides is 2. The Kier molecular flexibility index (Phi) is 6.10. The van der Waals surface area contributed by atoms with Gasteiger partial charge in [0.1, 0.15) is 16.4 Å². The molecular weight excluding hydrogens is 432 g/mol. The molecule has 0 spiro atoms. The van der Waals surface area contributed by atoms with E-state index in [-0.39, 0.29) is 40.8 Å². The normalized spacial score (nSPS) is 20.8. The molecule has 1 saturated carbocycles. The Hall–Kier alpha value is -3.07. The van der Waals surface area contributed by atoms with Crippen LogP contribution in [0.5, 0.6) is 11.5 Å². The molecule has 2 atom stereocenters. The van der Waals surface area contributed by atoms with Gasteiger partial charge in [0.25, 0.3) is 10.0 Å². The molecule has 2 aromatic carbocycles. The molecule has 4 rings (SSSR count). The van der Waals surface area contributed by atoms with Gasteiger partial charge in [0.2, 0.25) is 11.8 Å². The van der Waals surface area contributed by atoms with Crippen LogP contribution in [0.1, 0.15) is 31.2 Å². The molecule has 0 aromatic heterocycles. The number of anilines is 1. The van der Waals surface area contributed by atoms with Crippen molar-refractivity contribution in [2.45, 2.75) is 37.1 Å². The van der Waals surface area contributed by atoms with E-state index in [1.165, 1.54) is 31.3 Å². The molecule has 8 nitrogen and oxygen atoms in total. The van der Waals surface area contributed by atoms with Gasteiger partial charge in [-0.25, -0.2) is 8.42 Å². The summed E-state index contributed by atoms with van der Waals surface area (Å²) in [6.07, 6.45) is 3.38. The summed E-state index contributed by atoms with van der Waals surface area (Å²) in [4.78, 5) is 26.8. The van der Waals surface area contributed by atoms with Crippen LogP contribution in [0.15, 0.2) is 47.4 Å². The number of benzene rings is 2. The SMILES string of the molecule is COc1ccc(NS(=O)(=O)c2cc(CN3C(=O)[C@H]4CCCC[C@H]4C3=O)ccc2OC)cc1. The lowest BCUT2D eigenvalue weighted by Crippen LogP contribution is -2.30. The number of fused-ring (bicyclic) bond motifs is 1. The first kappa shape index (κ1) is 22.1. The molecule has 1 saturated heterocycles. The minimum atomic E-state index is -3.98. The predicted molar refractivity (Wildman–Crippen MR) is 118 cm³/mol. The van der Waals surface area contributed by atoms with Crippen LogP contribution in [0.25, 0.3) is 0 Å². The zero-order chi connectivity index (χ0) is 22.9. The van der Waals surface area contributed by atoms with Crippen molar-refractivity contribution in [1.29, 1.82) is 0 Å². The van der Waals surface area contributed by atoms with E-state index in [9.17, 15) is 18.0 Å². The van der Waals surface area contributed by atoms with Crippen molar-refractivity contribution in [2.75, 3.05) is 18.9 Å². The Bertz CT molecular complexity index is 1110. The van der Waals surface area contributed by atoms with Gasteiger partial charge in [-0.2, -0.15) is 0 Å². The van der Waals surface area contributed by atoms with Gasteiger partial charge in [-0.3, -0.25) is 19.2 Å². The predicted octanol–water partition coefficient (Wildman–Crippen LogP) is 3.18. The zero-order valence-electron chi connectivity index (χ0n) is 18.0.